The van der Waals surface area contributed by atoms with Crippen LogP contribution in [-0.2, 0) is 107 Å². The number of aliphatic hydroxyl groups excluding tert-OH is 1. The van der Waals surface area contributed by atoms with Crippen LogP contribution < -0.4 is 70.4 Å². The van der Waals surface area contributed by atoms with Gasteiger partial charge in [-0.1, -0.05) is 120 Å². The van der Waals surface area contributed by atoms with E-state index >= 15 is 24.0 Å². The number of nitrogens with two attached hydrogens (primary N) is 3. The van der Waals surface area contributed by atoms with Crippen LogP contribution in [0, 0.1) is 5.92 Å². The summed E-state index contributed by atoms with van der Waals surface area (Å²) < 4.78 is 0. The van der Waals surface area contributed by atoms with Gasteiger partial charge in [0.1, 0.15) is 78.5 Å². The molecule has 6 aromatic rings. The number of likely N-dealkylation sites (N-methyl/N-ethyl adjacent to an activating group) is 4. The van der Waals surface area contributed by atoms with Crippen LogP contribution in [0.4, 0.5) is 0 Å². The minimum atomic E-state index is -1.84. The fraction of sp³-hybridized carbons (Fsp3) is 0.523. The molecule has 0 bridgehead atoms. The number of amides is 17. The van der Waals surface area contributed by atoms with Gasteiger partial charge in [-0.25, -0.2) is 4.98 Å². The Kier molecular flexibility index (Phi) is 39.0. The van der Waals surface area contributed by atoms with E-state index in [4.69, 9.17) is 17.2 Å². The number of para-hydroxylation sites is 2. The summed E-state index contributed by atoms with van der Waals surface area (Å²) in [6.45, 7) is 6.03. The predicted molar refractivity (Wildman–Crippen MR) is 479 cm³/mol. The second-order valence-electron chi connectivity index (χ2n) is 33.1. The highest BCUT2D eigenvalue weighted by atomic mass is 32.2. The van der Waals surface area contributed by atoms with Gasteiger partial charge in [-0.3, -0.25) is 81.5 Å². The van der Waals surface area contributed by atoms with Crippen LogP contribution in [0.5, 0.6) is 0 Å². The molecule has 0 radical (unpaired) electrons. The molecule has 2 aliphatic heterocycles. The van der Waals surface area contributed by atoms with Crippen molar-refractivity contribution in [2.75, 3.05) is 72.5 Å². The van der Waals surface area contributed by atoms with E-state index < -0.39 is 211 Å². The third kappa shape index (κ3) is 29.1. The van der Waals surface area contributed by atoms with Gasteiger partial charge in [0.05, 0.1) is 38.2 Å². The zero-order chi connectivity index (χ0) is 94.3. The Labute approximate surface area is 752 Å². The lowest BCUT2D eigenvalue weighted by Gasteiger charge is -2.36. The number of imidazole rings is 1. The zero-order valence-corrected chi connectivity index (χ0v) is 75.2. The van der Waals surface area contributed by atoms with Gasteiger partial charge in [0.15, 0.2) is 0 Å². The number of nitrogens with zero attached hydrogens (tertiary/aromatic N) is 6. The van der Waals surface area contributed by atoms with Crippen molar-refractivity contribution in [3.63, 3.8) is 0 Å². The third-order valence-electron chi connectivity index (χ3n) is 22.9. The zero-order valence-electron chi connectivity index (χ0n) is 74.4. The Morgan fingerprint density at radius 1 is 0.535 bits per heavy atom. The van der Waals surface area contributed by atoms with Crippen LogP contribution in [0.1, 0.15) is 134 Å². The first-order valence-corrected chi connectivity index (χ1v) is 44.6. The smallest absolute Gasteiger partial charge is 0.246 e. The molecule has 20 N–H and O–H groups in total. The van der Waals surface area contributed by atoms with Crippen LogP contribution in [-0.4, -0.2) is 301 Å². The number of hydrogen-bond acceptors (Lipinski definition) is 21. The van der Waals surface area contributed by atoms with Crippen LogP contribution in [0.25, 0.3) is 21.8 Å². The van der Waals surface area contributed by atoms with Crippen LogP contribution in [0.15, 0.2) is 104 Å². The summed E-state index contributed by atoms with van der Waals surface area (Å²) in [6.07, 6.45) is 6.40. The molecule has 17 amide bonds. The number of carbonyl (C=O) groups excluding carboxylic acids is 17. The first kappa shape index (κ1) is 102. The van der Waals surface area contributed by atoms with Gasteiger partial charge in [-0.05, 0) is 93.2 Å². The van der Waals surface area contributed by atoms with Crippen LogP contribution in [0.3, 0.4) is 0 Å². The molecular weight excluding hydrogens is 1690 g/mol. The van der Waals surface area contributed by atoms with E-state index in [0.29, 0.717) is 69.9 Å². The molecular formula is C88H124N22O18S. The summed E-state index contributed by atoms with van der Waals surface area (Å²) >= 11 is 0.816. The molecule has 13 atom stereocenters. The van der Waals surface area contributed by atoms with E-state index in [2.05, 4.69) is 73.1 Å². The van der Waals surface area contributed by atoms with E-state index in [-0.39, 0.29) is 95.4 Å². The monoisotopic (exact) mass is 1810 g/mol. The highest BCUT2D eigenvalue weighted by Crippen LogP contribution is 2.26. The second kappa shape index (κ2) is 49.5. The lowest BCUT2D eigenvalue weighted by atomic mass is 10.00. The molecule has 2 aliphatic rings. The molecule has 3 aromatic heterocycles. The molecule has 5 heterocycles. The lowest BCUT2D eigenvalue weighted by molar-refractivity contribution is -0.149. The minimum Gasteiger partial charge on any atom is -0.394 e. The van der Waals surface area contributed by atoms with Crippen molar-refractivity contribution in [2.45, 2.75) is 216 Å². The number of benzene rings is 3. The number of carbonyl (C=O) groups is 17. The summed E-state index contributed by atoms with van der Waals surface area (Å²) in [4.78, 5) is 266. The SMILES string of the molecule is CCCC[C@H]1C(=O)N(C)[C@@H](CCCC)C(=O)N[C@@H](CCCN)C(=O)N[C@H](C(=O)NCC(N)=O)CSCC(=O)N[C@@H](Cc2ccccc2)C(=O)N(C)[C@@H](C)C(=O)N[C@@H](CC(N)=O)C(=O)N2CCC[C@H]2C(=O)N[C@@H](Cc2cnc[nH]2)C(=O)N[C@@H](CC(C)C)C(=O)N(C)CC(=O)N[C@@H](Cc2c[nH]c3ccccc23)C(=O)N[C@@H](CO)C(=O)N[C@@H](Cc2c[nH]c3ccccc23)C(=O)N1C. The molecule has 40 nitrogen and oxygen atoms in total. The van der Waals surface area contributed by atoms with Crippen molar-refractivity contribution in [2.24, 2.45) is 23.1 Å². The summed E-state index contributed by atoms with van der Waals surface area (Å²) in [5.41, 5.74) is 20.4. The van der Waals surface area contributed by atoms with Crippen molar-refractivity contribution in [1.29, 1.82) is 0 Å². The number of aliphatic hydroxyl groups is 1. The van der Waals surface area contributed by atoms with Crippen molar-refractivity contribution in [1.82, 2.24) is 97.6 Å². The number of nitrogens with one attached hydrogen (secondary N) is 13. The van der Waals surface area contributed by atoms with E-state index in [9.17, 15) is 62.6 Å². The largest absolute Gasteiger partial charge is 0.394 e. The summed E-state index contributed by atoms with van der Waals surface area (Å²) in [7, 11) is 5.29. The Bertz CT molecular complexity index is 4910. The molecule has 41 heteroatoms. The van der Waals surface area contributed by atoms with Crippen LogP contribution >= 0.6 is 11.8 Å². The summed E-state index contributed by atoms with van der Waals surface area (Å²) in [5.74, 6) is -16.4. The standard InChI is InChI=1S/C88H124N22O18S/c1-10-12-30-69-82(122)99-60(29-21-33-89)78(118)105-68(77(117)95-44-73(91)113)47-129-48-75(115)98-64(36-52-23-15-14-16-24-52)85(125)107(7)51(5)76(116)101-66(40-72(90)112)87(127)110-34-22-32-70(110)83(123)100-62(39-55-43-92-49-96-55)80(120)102-63(35-50(3)4)84(124)106(6)45-74(114)97-61(37-53-41-93-58-27-19-17-25-56(53)58)79(119)104-67(46-111)81(121)103-65(38-54-42-94-59-28-20-18-26-57(54)59)86(126)109(9)71(31-13-11-2)88(128)108(69)8/h14-20,23-28,41-43,49-51,60-71,93-94,111H,10-13,21-22,29-40,44-48,89H2,1-9H3,(H2,90,112)(H2,91,113)(H,92,96)(H,95,117)(H,97,114)(H,98,115)(H,99,122)(H,100,123)(H,101,116)(H,102,120)(H,103,121)(H,104,119)(H,105,118)/t51-,60-,61-,62-,63-,64-,65-,66-,67-,68-,69-,70-,71-/m0/s1. The number of aromatic amines is 3. The Morgan fingerprint density at radius 3 is 1.67 bits per heavy atom. The van der Waals surface area contributed by atoms with Gasteiger partial charge < -0.3 is 115 Å². The molecule has 0 saturated carbocycles. The number of aromatic nitrogens is 4. The number of thioether (sulfide) groups is 1. The van der Waals surface area contributed by atoms with Gasteiger partial charge in [0.2, 0.25) is 100 Å². The third-order valence-corrected chi connectivity index (χ3v) is 23.9. The highest BCUT2D eigenvalue weighted by Gasteiger charge is 2.44. The predicted octanol–water partition coefficient (Wildman–Crippen LogP) is -1.66. The van der Waals surface area contributed by atoms with E-state index in [0.717, 1.165) is 31.4 Å². The fourth-order valence-corrected chi connectivity index (χ4v) is 16.4. The molecule has 2 fully saturated rings. The van der Waals surface area contributed by atoms with Crippen molar-refractivity contribution < 1.29 is 86.6 Å². The topological polar surface area (TPSA) is 585 Å². The van der Waals surface area contributed by atoms with E-state index in [1.165, 1.54) is 52.5 Å². The van der Waals surface area contributed by atoms with Crippen molar-refractivity contribution in [3.05, 3.63) is 126 Å². The summed E-state index contributed by atoms with van der Waals surface area (Å²) in [5, 5.41) is 39.0. The average molecular weight is 1810 g/mol. The maximum absolute atomic E-state index is 15.6. The Balaban J connectivity index is 1.17. The Morgan fingerprint density at radius 2 is 1.07 bits per heavy atom. The number of primary amides is 2. The van der Waals surface area contributed by atoms with Gasteiger partial charge in [0, 0.05) is 112 Å². The minimum absolute atomic E-state index is 0.0198. The maximum Gasteiger partial charge on any atom is 0.246 e. The number of fused-ring (bicyclic) bond motifs is 3. The van der Waals surface area contributed by atoms with Gasteiger partial charge >= 0.3 is 0 Å². The molecule has 129 heavy (non-hydrogen) atoms. The lowest BCUT2D eigenvalue weighted by Crippen LogP contribution is -2.61. The van der Waals surface area contributed by atoms with E-state index in [1.807, 2.05) is 13.8 Å². The van der Waals surface area contributed by atoms with Crippen molar-refractivity contribution >= 4 is 134 Å². The molecule has 8 rings (SSSR count). The average Bonchev–Trinajstić information content (AvgIpc) is 1.74. The van der Waals surface area contributed by atoms with Gasteiger partial charge in [0.25, 0.3) is 0 Å². The number of unbranched alkanes of at least 4 members (excludes halogenated alkanes) is 2. The number of rotatable bonds is 25. The summed E-state index contributed by atoms with van der Waals surface area (Å²) in [6, 6.07) is 3.28. The van der Waals surface area contributed by atoms with Crippen molar-refractivity contribution in [3.8, 4) is 0 Å². The van der Waals surface area contributed by atoms with E-state index in [1.54, 1.807) is 105 Å². The molecule has 0 spiro atoms. The number of hydrogen-bond donors (Lipinski definition) is 17. The second-order valence-corrected chi connectivity index (χ2v) is 34.1. The fourth-order valence-electron chi connectivity index (χ4n) is 15.6. The first-order valence-electron chi connectivity index (χ1n) is 43.5. The van der Waals surface area contributed by atoms with Gasteiger partial charge in [-0.2, -0.15) is 0 Å². The molecule has 700 valence electrons. The molecule has 0 unspecified atom stereocenters. The normalized spacial score (nSPS) is 23.8. The Hall–Kier alpha value is -12.8. The van der Waals surface area contributed by atoms with Gasteiger partial charge in [-0.15, -0.1) is 11.8 Å². The molecule has 3 aromatic carbocycles. The molecule has 0 aliphatic carbocycles. The highest BCUT2D eigenvalue weighted by molar-refractivity contribution is 8.00. The maximum atomic E-state index is 15.6. The molecule has 2 saturated heterocycles. The van der Waals surface area contributed by atoms with Crippen LogP contribution in [0.2, 0.25) is 0 Å². The number of H-pyrrole nitrogens is 3. The quantitative estimate of drug-likeness (QED) is 0.0305. The first-order chi connectivity index (χ1) is 61.6.